The Labute approximate surface area is 144 Å². The number of aryl methyl sites for hydroxylation is 1. The lowest BCUT2D eigenvalue weighted by Gasteiger charge is -2.35. The quantitative estimate of drug-likeness (QED) is 0.633. The molecule has 126 valence electrons. The molecule has 0 spiro atoms. The molecular weight excluding hydrogens is 326 g/mol. The van der Waals surface area contributed by atoms with Crippen molar-refractivity contribution in [2.75, 3.05) is 12.3 Å². The van der Waals surface area contributed by atoms with Crippen LogP contribution in [0.4, 0.5) is 5.69 Å². The van der Waals surface area contributed by atoms with E-state index in [1.165, 1.54) is 0 Å². The summed E-state index contributed by atoms with van der Waals surface area (Å²) in [6, 6.07) is 1.80. The van der Waals surface area contributed by atoms with Crippen LogP contribution in [-0.4, -0.2) is 24.7 Å². The lowest BCUT2D eigenvalue weighted by Crippen LogP contribution is -2.40. The normalized spacial score (nSPS) is 13.3. The highest BCUT2D eigenvalue weighted by molar-refractivity contribution is 6.74. The van der Waals surface area contributed by atoms with Crippen LogP contribution in [0.3, 0.4) is 0 Å². The topological polar surface area (TPSA) is 53.1 Å². The molecular formula is C17H26ClN3OSi. The lowest BCUT2D eigenvalue weighted by molar-refractivity contribution is 0.328. The number of rotatable bonds is 4. The molecule has 1 aromatic heterocycles. The molecule has 0 saturated heterocycles. The SMILES string of the molecule is Cn1cc2c(/C=C/CO[Si](C)(C)C(C)(C)C)c(N)c(Cl)cc2n1. The third-order valence-electron chi connectivity index (χ3n) is 4.59. The molecule has 0 atom stereocenters. The molecule has 0 aliphatic carbocycles. The molecule has 0 bridgehead atoms. The van der Waals surface area contributed by atoms with Gasteiger partial charge in [0.15, 0.2) is 8.32 Å². The van der Waals surface area contributed by atoms with Gasteiger partial charge in [0, 0.05) is 24.2 Å². The molecule has 2 rings (SSSR count). The second-order valence-corrected chi connectivity index (χ2v) is 12.6. The molecule has 6 heteroatoms. The van der Waals surface area contributed by atoms with Crippen LogP contribution in [0.15, 0.2) is 18.3 Å². The fourth-order valence-electron chi connectivity index (χ4n) is 2.11. The van der Waals surface area contributed by atoms with Gasteiger partial charge in [0.25, 0.3) is 0 Å². The number of halogens is 1. The minimum atomic E-state index is -1.74. The smallest absolute Gasteiger partial charge is 0.192 e. The minimum absolute atomic E-state index is 0.201. The molecule has 0 fully saturated rings. The zero-order valence-corrected chi connectivity index (χ0v) is 16.5. The summed E-state index contributed by atoms with van der Waals surface area (Å²) < 4.78 is 7.93. The maximum atomic E-state index is 6.21. The van der Waals surface area contributed by atoms with E-state index in [4.69, 9.17) is 21.8 Å². The van der Waals surface area contributed by atoms with Crippen molar-refractivity contribution in [2.24, 2.45) is 7.05 Å². The van der Waals surface area contributed by atoms with E-state index in [-0.39, 0.29) is 5.04 Å². The van der Waals surface area contributed by atoms with Gasteiger partial charge in [-0.2, -0.15) is 5.10 Å². The Bertz CT molecular complexity index is 744. The van der Waals surface area contributed by atoms with Crippen LogP contribution in [0.5, 0.6) is 0 Å². The largest absolute Gasteiger partial charge is 0.413 e. The Morgan fingerprint density at radius 1 is 1.39 bits per heavy atom. The number of hydrogen-bond acceptors (Lipinski definition) is 3. The fourth-order valence-corrected chi connectivity index (χ4v) is 3.26. The second kappa shape index (κ2) is 6.30. The van der Waals surface area contributed by atoms with E-state index in [1.807, 2.05) is 25.4 Å². The number of nitrogen functional groups attached to an aromatic ring is 1. The van der Waals surface area contributed by atoms with Crippen molar-refractivity contribution in [2.45, 2.75) is 38.9 Å². The minimum Gasteiger partial charge on any atom is -0.413 e. The molecule has 1 heterocycles. The molecule has 0 unspecified atom stereocenters. The molecule has 4 nitrogen and oxygen atoms in total. The molecule has 1 aromatic carbocycles. The number of nitrogens with two attached hydrogens (primary N) is 1. The van der Waals surface area contributed by atoms with Crippen LogP contribution in [0, 0.1) is 0 Å². The van der Waals surface area contributed by atoms with Gasteiger partial charge in [-0.1, -0.05) is 44.5 Å². The predicted octanol–water partition coefficient (Wildman–Crippen LogP) is 4.84. The zero-order valence-electron chi connectivity index (χ0n) is 14.8. The summed E-state index contributed by atoms with van der Waals surface area (Å²) in [5.41, 5.74) is 8.47. The van der Waals surface area contributed by atoms with Crippen molar-refractivity contribution in [1.29, 1.82) is 0 Å². The molecule has 2 aromatic rings. The van der Waals surface area contributed by atoms with E-state index in [2.05, 4.69) is 39.0 Å². The van der Waals surface area contributed by atoms with Crippen LogP contribution in [-0.2, 0) is 11.5 Å². The van der Waals surface area contributed by atoms with E-state index in [0.29, 0.717) is 17.3 Å². The van der Waals surface area contributed by atoms with Crippen molar-refractivity contribution in [3.8, 4) is 0 Å². The van der Waals surface area contributed by atoms with E-state index >= 15 is 0 Å². The van der Waals surface area contributed by atoms with E-state index < -0.39 is 8.32 Å². The van der Waals surface area contributed by atoms with Gasteiger partial charge >= 0.3 is 0 Å². The highest BCUT2D eigenvalue weighted by Gasteiger charge is 2.36. The first-order valence-corrected chi connectivity index (χ1v) is 11.0. The lowest BCUT2D eigenvalue weighted by atomic mass is 10.1. The number of aromatic nitrogens is 2. The summed E-state index contributed by atoms with van der Waals surface area (Å²) in [5, 5.41) is 6.12. The number of hydrogen-bond donors (Lipinski definition) is 1. The van der Waals surface area contributed by atoms with Crippen LogP contribution >= 0.6 is 11.6 Å². The van der Waals surface area contributed by atoms with E-state index in [1.54, 1.807) is 10.7 Å². The van der Waals surface area contributed by atoms with Crippen molar-refractivity contribution in [3.05, 3.63) is 28.9 Å². The first-order valence-electron chi connectivity index (χ1n) is 7.75. The molecule has 2 N–H and O–H groups in total. The first-order chi connectivity index (χ1) is 10.5. The standard InChI is InChI=1S/C17H26ClN3OSi/c1-17(2,3)23(5,6)22-9-7-8-12-13-11-21(4)20-15(13)10-14(18)16(12)19/h7-8,10-11H,9,19H2,1-6H3/b8-7+. The van der Waals surface area contributed by atoms with Crippen molar-refractivity contribution >= 4 is 42.6 Å². The predicted molar refractivity (Wildman–Crippen MR) is 102 cm³/mol. The number of nitrogens with zero attached hydrogens (tertiary/aromatic N) is 2. The third kappa shape index (κ3) is 3.79. The Kier molecular flexibility index (Phi) is 4.94. The fraction of sp³-hybridized carbons (Fsp3) is 0.471. The third-order valence-corrected chi connectivity index (χ3v) is 9.40. The van der Waals surface area contributed by atoms with Crippen LogP contribution in [0.2, 0.25) is 23.2 Å². The van der Waals surface area contributed by atoms with Gasteiger partial charge < -0.3 is 10.2 Å². The zero-order chi connectivity index (χ0) is 17.4. The number of anilines is 1. The molecule has 0 radical (unpaired) electrons. The monoisotopic (exact) mass is 351 g/mol. The average molecular weight is 352 g/mol. The molecule has 0 aliphatic heterocycles. The molecule has 0 aliphatic rings. The van der Waals surface area contributed by atoms with Gasteiger partial charge in [-0.15, -0.1) is 0 Å². The second-order valence-electron chi connectivity index (χ2n) is 7.39. The van der Waals surface area contributed by atoms with Crippen molar-refractivity contribution in [1.82, 2.24) is 9.78 Å². The van der Waals surface area contributed by atoms with Crippen molar-refractivity contribution in [3.63, 3.8) is 0 Å². The summed E-state index contributed by atoms with van der Waals surface area (Å²) in [5.74, 6) is 0. The van der Waals surface area contributed by atoms with Gasteiger partial charge in [0.2, 0.25) is 0 Å². The van der Waals surface area contributed by atoms with Crippen LogP contribution in [0.1, 0.15) is 26.3 Å². The van der Waals surface area contributed by atoms with E-state index in [9.17, 15) is 0 Å². The van der Waals surface area contributed by atoms with Crippen LogP contribution in [0.25, 0.3) is 17.0 Å². The number of benzene rings is 1. The Hall–Kier alpha value is -1.30. The van der Waals surface area contributed by atoms with Crippen molar-refractivity contribution < 1.29 is 4.43 Å². The van der Waals surface area contributed by atoms with E-state index in [0.717, 1.165) is 16.5 Å². The van der Waals surface area contributed by atoms with Gasteiger partial charge in [-0.05, 0) is 24.2 Å². The average Bonchev–Trinajstić information content (AvgIpc) is 2.77. The van der Waals surface area contributed by atoms with Gasteiger partial charge in [-0.3, -0.25) is 4.68 Å². The summed E-state index contributed by atoms with van der Waals surface area (Å²) in [6.07, 6.45) is 5.95. The summed E-state index contributed by atoms with van der Waals surface area (Å²) in [7, 11) is 0.145. The molecule has 23 heavy (non-hydrogen) atoms. The Morgan fingerprint density at radius 2 is 2.04 bits per heavy atom. The van der Waals surface area contributed by atoms with Gasteiger partial charge in [-0.25, -0.2) is 0 Å². The molecule has 0 amide bonds. The van der Waals surface area contributed by atoms with Crippen LogP contribution < -0.4 is 5.73 Å². The maximum Gasteiger partial charge on any atom is 0.192 e. The van der Waals surface area contributed by atoms with Gasteiger partial charge in [0.05, 0.1) is 22.8 Å². The summed E-state index contributed by atoms with van der Waals surface area (Å²) >= 11 is 6.21. The molecule has 0 saturated carbocycles. The summed E-state index contributed by atoms with van der Waals surface area (Å²) in [4.78, 5) is 0. The first kappa shape index (κ1) is 18.0. The highest BCUT2D eigenvalue weighted by atomic mass is 35.5. The maximum absolute atomic E-state index is 6.21. The number of fused-ring (bicyclic) bond motifs is 1. The Balaban J connectivity index is 2.23. The van der Waals surface area contributed by atoms with Gasteiger partial charge in [0.1, 0.15) is 0 Å². The highest BCUT2D eigenvalue weighted by Crippen LogP contribution is 2.36. The summed E-state index contributed by atoms with van der Waals surface area (Å²) in [6.45, 7) is 11.8. The Morgan fingerprint density at radius 3 is 2.65 bits per heavy atom.